The van der Waals surface area contributed by atoms with Gasteiger partial charge in [-0.3, -0.25) is 19.7 Å². The van der Waals surface area contributed by atoms with E-state index in [-0.39, 0.29) is 29.3 Å². The molecule has 0 spiro atoms. The lowest BCUT2D eigenvalue weighted by molar-refractivity contribution is -0.384. The second-order valence-corrected chi connectivity index (χ2v) is 7.67. The number of nitro groups is 1. The van der Waals surface area contributed by atoms with E-state index in [2.05, 4.69) is 0 Å². The summed E-state index contributed by atoms with van der Waals surface area (Å²) in [6, 6.07) is 21.5. The highest BCUT2D eigenvalue weighted by Gasteiger charge is 2.53. The van der Waals surface area contributed by atoms with Crippen LogP contribution in [0.5, 0.6) is 0 Å². The van der Waals surface area contributed by atoms with Gasteiger partial charge < -0.3 is 0 Å². The summed E-state index contributed by atoms with van der Waals surface area (Å²) >= 11 is 0. The summed E-state index contributed by atoms with van der Waals surface area (Å²) in [4.78, 5) is 38.6. The first-order valence-electron chi connectivity index (χ1n) is 9.63. The molecule has 6 nitrogen and oxygen atoms in total. The number of hydrogen-bond donors (Lipinski definition) is 0. The van der Waals surface area contributed by atoms with Crippen molar-refractivity contribution in [3.05, 3.63) is 116 Å². The summed E-state index contributed by atoms with van der Waals surface area (Å²) in [6.07, 6.45) is 0. The van der Waals surface area contributed by atoms with E-state index in [0.717, 1.165) is 27.2 Å². The quantitative estimate of drug-likeness (QED) is 0.373. The number of imide groups is 1. The van der Waals surface area contributed by atoms with Gasteiger partial charge in [0.25, 0.3) is 17.5 Å². The molecular formula is C24H14N2O4. The third kappa shape index (κ3) is 1.97. The lowest BCUT2D eigenvalue weighted by atomic mass is 9.61. The van der Waals surface area contributed by atoms with Gasteiger partial charge in [0.15, 0.2) is 0 Å². The van der Waals surface area contributed by atoms with E-state index in [1.165, 1.54) is 24.3 Å². The smallest absolute Gasteiger partial charge is 0.269 e. The molecule has 1 heterocycles. The molecular weight excluding hydrogens is 380 g/mol. The standard InChI is InChI=1S/C24H14N2O4/c27-23-21-19-15-5-1-2-6-16(15)20(18-8-4-3-7-17(18)19)22(21)24(28)25(23)13-9-11-14(12-10-13)26(29)30/h1-12,19-20H. The zero-order valence-electron chi connectivity index (χ0n) is 15.6. The highest BCUT2D eigenvalue weighted by atomic mass is 16.6. The van der Waals surface area contributed by atoms with Crippen LogP contribution >= 0.6 is 0 Å². The number of benzene rings is 3. The van der Waals surface area contributed by atoms with Crippen molar-refractivity contribution in [1.82, 2.24) is 0 Å². The van der Waals surface area contributed by atoms with Crippen LogP contribution in [0.1, 0.15) is 34.1 Å². The largest absolute Gasteiger partial charge is 0.269 e. The SMILES string of the molecule is O=C1C2=C(C(=O)N1c1ccc([N+](=O)[O-])cc1)C1c3ccccc3C2c2ccccc21. The van der Waals surface area contributed by atoms with Crippen molar-refractivity contribution in [3.63, 3.8) is 0 Å². The molecule has 0 saturated heterocycles. The van der Waals surface area contributed by atoms with Crippen LogP contribution in [0.25, 0.3) is 0 Å². The predicted molar refractivity (Wildman–Crippen MR) is 109 cm³/mol. The molecule has 0 N–H and O–H groups in total. The van der Waals surface area contributed by atoms with E-state index < -0.39 is 4.92 Å². The van der Waals surface area contributed by atoms with Gasteiger partial charge in [0, 0.05) is 35.1 Å². The first-order chi connectivity index (χ1) is 14.6. The molecule has 0 radical (unpaired) electrons. The van der Waals surface area contributed by atoms with Crippen molar-refractivity contribution >= 4 is 23.2 Å². The number of hydrogen-bond acceptors (Lipinski definition) is 4. The van der Waals surface area contributed by atoms with Crippen molar-refractivity contribution < 1.29 is 14.5 Å². The predicted octanol–water partition coefficient (Wildman–Crippen LogP) is 4.06. The average molecular weight is 394 g/mol. The topological polar surface area (TPSA) is 80.5 Å². The van der Waals surface area contributed by atoms with Crippen molar-refractivity contribution in [3.8, 4) is 0 Å². The Hall–Kier alpha value is -4.06. The Morgan fingerprint density at radius 2 is 1.07 bits per heavy atom. The van der Waals surface area contributed by atoms with E-state index in [1.807, 2.05) is 48.5 Å². The normalized spacial score (nSPS) is 20.9. The number of amides is 2. The number of anilines is 1. The molecule has 2 amide bonds. The van der Waals surface area contributed by atoms with Crippen molar-refractivity contribution in [2.24, 2.45) is 0 Å². The lowest BCUT2D eigenvalue weighted by Gasteiger charge is -2.39. The molecule has 3 aromatic carbocycles. The summed E-state index contributed by atoms with van der Waals surface area (Å²) < 4.78 is 0. The van der Waals surface area contributed by atoms with Gasteiger partial charge in [-0.1, -0.05) is 48.5 Å². The maximum atomic E-state index is 13.5. The second kappa shape index (κ2) is 5.73. The fourth-order valence-electron chi connectivity index (χ4n) is 5.11. The second-order valence-electron chi connectivity index (χ2n) is 7.67. The Kier molecular flexibility index (Phi) is 3.22. The molecule has 4 aliphatic rings. The summed E-state index contributed by atoms with van der Waals surface area (Å²) in [6.45, 7) is 0. The average Bonchev–Trinajstić information content (AvgIpc) is 3.04. The number of nitro benzene ring substituents is 1. The third-order valence-corrected chi connectivity index (χ3v) is 6.29. The molecule has 3 aliphatic carbocycles. The van der Waals surface area contributed by atoms with E-state index in [9.17, 15) is 19.7 Å². The van der Waals surface area contributed by atoms with Crippen LogP contribution < -0.4 is 4.90 Å². The zero-order chi connectivity index (χ0) is 20.6. The van der Waals surface area contributed by atoms with Crippen LogP contribution in [0.2, 0.25) is 0 Å². The van der Waals surface area contributed by atoms with Gasteiger partial charge in [-0.2, -0.15) is 0 Å². The molecule has 144 valence electrons. The van der Waals surface area contributed by atoms with Crippen molar-refractivity contribution in [1.29, 1.82) is 0 Å². The molecule has 1 aliphatic heterocycles. The molecule has 2 bridgehead atoms. The van der Waals surface area contributed by atoms with Crippen molar-refractivity contribution in [2.45, 2.75) is 11.8 Å². The van der Waals surface area contributed by atoms with Crippen LogP contribution in [0.4, 0.5) is 11.4 Å². The van der Waals surface area contributed by atoms with E-state index >= 15 is 0 Å². The molecule has 3 aromatic rings. The fraction of sp³-hybridized carbons (Fsp3) is 0.0833. The van der Waals surface area contributed by atoms with Gasteiger partial charge in [-0.15, -0.1) is 0 Å². The Balaban J connectivity index is 1.53. The van der Waals surface area contributed by atoms with Crippen molar-refractivity contribution in [2.75, 3.05) is 4.90 Å². The maximum absolute atomic E-state index is 13.5. The monoisotopic (exact) mass is 394 g/mol. The summed E-state index contributed by atoms with van der Waals surface area (Å²) in [7, 11) is 0. The number of carbonyl (C=O) groups excluding carboxylic acids is 2. The third-order valence-electron chi connectivity index (χ3n) is 6.29. The van der Waals surface area contributed by atoms with Crippen LogP contribution in [0.15, 0.2) is 83.9 Å². The fourth-order valence-corrected chi connectivity index (χ4v) is 5.11. The Morgan fingerprint density at radius 1 is 0.667 bits per heavy atom. The van der Waals surface area contributed by atoms with E-state index in [4.69, 9.17) is 0 Å². The number of non-ortho nitro benzene ring substituents is 1. The Bertz CT molecular complexity index is 1200. The molecule has 0 saturated carbocycles. The highest BCUT2D eigenvalue weighted by Crippen LogP contribution is 2.58. The van der Waals surface area contributed by atoms with Crippen LogP contribution in [-0.2, 0) is 9.59 Å². The van der Waals surface area contributed by atoms with E-state index in [1.54, 1.807) is 0 Å². The van der Waals surface area contributed by atoms with Gasteiger partial charge in [0.05, 0.1) is 10.6 Å². The Labute approximate surface area is 171 Å². The maximum Gasteiger partial charge on any atom is 0.269 e. The van der Waals surface area contributed by atoms with Gasteiger partial charge in [-0.05, 0) is 34.4 Å². The molecule has 7 rings (SSSR count). The van der Waals surface area contributed by atoms with Gasteiger partial charge in [0.1, 0.15) is 0 Å². The summed E-state index contributed by atoms with van der Waals surface area (Å²) in [5.41, 5.74) is 5.56. The molecule has 0 unspecified atom stereocenters. The van der Waals surface area contributed by atoms with Gasteiger partial charge in [0.2, 0.25) is 0 Å². The summed E-state index contributed by atoms with van der Waals surface area (Å²) in [5.74, 6) is -1.25. The zero-order valence-corrected chi connectivity index (χ0v) is 15.6. The van der Waals surface area contributed by atoms with Gasteiger partial charge >= 0.3 is 0 Å². The minimum Gasteiger partial charge on any atom is -0.269 e. The first-order valence-corrected chi connectivity index (χ1v) is 9.63. The first kappa shape index (κ1) is 16.9. The number of nitrogens with zero attached hydrogens (tertiary/aromatic N) is 2. The number of rotatable bonds is 2. The van der Waals surface area contributed by atoms with Crippen LogP contribution in [0.3, 0.4) is 0 Å². The highest BCUT2D eigenvalue weighted by molar-refractivity contribution is 6.35. The molecule has 0 aromatic heterocycles. The molecule has 6 heteroatoms. The Morgan fingerprint density at radius 3 is 1.43 bits per heavy atom. The number of carbonyl (C=O) groups is 2. The minimum atomic E-state index is -0.506. The summed E-state index contributed by atoms with van der Waals surface area (Å²) in [5, 5.41) is 11.0. The molecule has 30 heavy (non-hydrogen) atoms. The molecule has 0 fully saturated rings. The van der Waals surface area contributed by atoms with E-state index in [0.29, 0.717) is 16.8 Å². The lowest BCUT2D eigenvalue weighted by Crippen LogP contribution is -2.32. The van der Waals surface area contributed by atoms with Crippen LogP contribution in [0, 0.1) is 10.1 Å². The molecule has 0 atom stereocenters. The van der Waals surface area contributed by atoms with Gasteiger partial charge in [-0.25, -0.2) is 4.90 Å². The van der Waals surface area contributed by atoms with Crippen LogP contribution in [-0.4, -0.2) is 16.7 Å². The minimum absolute atomic E-state index is 0.0875.